The van der Waals surface area contributed by atoms with Crippen molar-refractivity contribution in [1.82, 2.24) is 24.9 Å². The van der Waals surface area contributed by atoms with E-state index >= 15 is 0 Å². The molecule has 0 atom stereocenters. The summed E-state index contributed by atoms with van der Waals surface area (Å²) in [5, 5.41) is 16.1. The number of aromatic nitrogens is 2. The fourth-order valence-electron chi connectivity index (χ4n) is 5.53. The van der Waals surface area contributed by atoms with Crippen molar-refractivity contribution in [3.8, 4) is 10.4 Å². The number of benzene rings is 1. The van der Waals surface area contributed by atoms with Crippen LogP contribution in [0.25, 0.3) is 10.4 Å². The van der Waals surface area contributed by atoms with Crippen LogP contribution in [-0.2, 0) is 21.3 Å². The fourth-order valence-corrected chi connectivity index (χ4v) is 8.39. The van der Waals surface area contributed by atoms with Crippen LogP contribution >= 0.6 is 11.3 Å². The van der Waals surface area contributed by atoms with Gasteiger partial charge in [0.25, 0.3) is 0 Å². The van der Waals surface area contributed by atoms with E-state index in [9.17, 15) is 23.1 Å². The van der Waals surface area contributed by atoms with Crippen LogP contribution in [0.4, 0.5) is 15.3 Å². The number of pyridine rings is 1. The SMILES string of the molecule is CC(C)(C)NS(=O)(=O)c1cc(NC(=O)NCc2ccccn2)ccc1-c1cnc([C@H]2CC[C@H](N(C(=O)O)C3COC3)CC2)s1. The van der Waals surface area contributed by atoms with Gasteiger partial charge in [0.05, 0.1) is 46.3 Å². The van der Waals surface area contributed by atoms with Gasteiger partial charge in [0.2, 0.25) is 10.0 Å². The number of rotatable bonds is 9. The van der Waals surface area contributed by atoms with Crippen LogP contribution in [0, 0.1) is 0 Å². The molecule has 0 radical (unpaired) electrons. The largest absolute Gasteiger partial charge is 0.465 e. The highest BCUT2D eigenvalue weighted by Crippen LogP contribution is 2.41. The van der Waals surface area contributed by atoms with Crippen LogP contribution in [-0.4, -0.2) is 71.4 Å². The Labute approximate surface area is 261 Å². The highest BCUT2D eigenvalue weighted by molar-refractivity contribution is 7.89. The Morgan fingerprint density at radius 3 is 2.43 bits per heavy atom. The van der Waals surface area contributed by atoms with Crippen LogP contribution in [0.5, 0.6) is 0 Å². The van der Waals surface area contributed by atoms with Gasteiger partial charge in [-0.25, -0.2) is 27.7 Å². The average molecular weight is 643 g/mol. The van der Waals surface area contributed by atoms with Crippen LogP contribution < -0.4 is 15.4 Å². The smallest absolute Gasteiger partial charge is 0.407 e. The molecule has 0 spiro atoms. The van der Waals surface area contributed by atoms with E-state index < -0.39 is 27.7 Å². The predicted octanol–water partition coefficient (Wildman–Crippen LogP) is 5.01. The summed E-state index contributed by atoms with van der Waals surface area (Å²) >= 11 is 1.44. The first-order chi connectivity index (χ1) is 20.9. The molecule has 3 heterocycles. The van der Waals surface area contributed by atoms with Crippen molar-refractivity contribution in [3.05, 3.63) is 59.5 Å². The zero-order valence-corrected chi connectivity index (χ0v) is 26.6. The summed E-state index contributed by atoms with van der Waals surface area (Å²) in [5.74, 6) is 0.162. The number of nitrogens with one attached hydrogen (secondary N) is 3. The Hall–Kier alpha value is -3.59. The molecule has 3 amide bonds. The molecule has 236 valence electrons. The van der Waals surface area contributed by atoms with E-state index in [1.165, 1.54) is 17.4 Å². The molecule has 14 heteroatoms. The monoisotopic (exact) mass is 642 g/mol. The number of anilines is 1. The van der Waals surface area contributed by atoms with Crippen LogP contribution in [0.3, 0.4) is 0 Å². The first-order valence-electron chi connectivity index (χ1n) is 14.6. The second-order valence-electron chi connectivity index (χ2n) is 12.1. The predicted molar refractivity (Wildman–Crippen MR) is 167 cm³/mol. The van der Waals surface area contributed by atoms with E-state index in [0.717, 1.165) is 30.7 Å². The molecule has 1 aliphatic carbocycles. The Kier molecular flexibility index (Phi) is 9.53. The number of carbonyl (C=O) groups excluding carboxylic acids is 1. The van der Waals surface area contributed by atoms with Crippen molar-refractivity contribution < 1.29 is 27.9 Å². The molecule has 5 rings (SSSR count). The summed E-state index contributed by atoms with van der Waals surface area (Å²) in [6, 6.07) is 9.61. The molecule has 1 saturated heterocycles. The summed E-state index contributed by atoms with van der Waals surface area (Å²) in [7, 11) is -3.98. The number of nitrogens with zero attached hydrogens (tertiary/aromatic N) is 3. The molecule has 4 N–H and O–H groups in total. The summed E-state index contributed by atoms with van der Waals surface area (Å²) in [4.78, 5) is 35.6. The van der Waals surface area contributed by atoms with Crippen LogP contribution in [0.1, 0.15) is 63.1 Å². The third-order valence-electron chi connectivity index (χ3n) is 7.59. The van der Waals surface area contributed by atoms with Crippen molar-refractivity contribution in [2.45, 2.75) is 81.4 Å². The van der Waals surface area contributed by atoms with Gasteiger partial charge in [-0.2, -0.15) is 0 Å². The van der Waals surface area contributed by atoms with Gasteiger partial charge in [0, 0.05) is 41.1 Å². The van der Waals surface area contributed by atoms with Gasteiger partial charge in [-0.15, -0.1) is 11.3 Å². The zero-order chi connectivity index (χ0) is 31.5. The van der Waals surface area contributed by atoms with E-state index in [2.05, 4.69) is 25.3 Å². The Bertz CT molecular complexity index is 1580. The minimum Gasteiger partial charge on any atom is -0.465 e. The van der Waals surface area contributed by atoms with Gasteiger partial charge in [-0.3, -0.25) is 9.88 Å². The van der Waals surface area contributed by atoms with Crippen molar-refractivity contribution in [1.29, 1.82) is 0 Å². The average Bonchev–Trinajstić information content (AvgIpc) is 3.43. The van der Waals surface area contributed by atoms with Gasteiger partial charge >= 0.3 is 12.1 Å². The molecule has 1 aliphatic heterocycles. The van der Waals surface area contributed by atoms with Gasteiger partial charge in [-0.05, 0) is 70.7 Å². The minimum atomic E-state index is -3.98. The highest BCUT2D eigenvalue weighted by Gasteiger charge is 2.38. The standard InChI is InChI=1S/C30H38N6O6S2/c1-30(2,3)35-44(40,41)26-14-20(34-28(37)33-15-21-6-4-5-13-31-21)9-12-24(26)25-16-32-27(43-25)19-7-10-22(11-8-19)36(29(38)39)23-17-42-18-23/h4-6,9,12-14,16,19,22-23,35H,7-8,10-11,15,17-18H2,1-3H3,(H,38,39)(H2,33,34,37)/t19-,22-. The van der Waals surface area contributed by atoms with Crippen molar-refractivity contribution in [2.75, 3.05) is 18.5 Å². The first-order valence-corrected chi connectivity index (χ1v) is 16.9. The highest BCUT2D eigenvalue weighted by atomic mass is 32.2. The molecule has 2 fully saturated rings. The number of amides is 3. The lowest BCUT2D eigenvalue weighted by atomic mass is 9.85. The summed E-state index contributed by atoms with van der Waals surface area (Å²) < 4.78 is 35.2. The normalized spacial score (nSPS) is 19.2. The van der Waals surface area contributed by atoms with Crippen molar-refractivity contribution in [2.24, 2.45) is 0 Å². The molecule has 1 saturated carbocycles. The molecule has 0 unspecified atom stereocenters. The maximum Gasteiger partial charge on any atom is 0.407 e. The fraction of sp³-hybridized carbons (Fsp3) is 0.467. The van der Waals surface area contributed by atoms with E-state index in [4.69, 9.17) is 4.74 Å². The van der Waals surface area contributed by atoms with E-state index in [-0.39, 0.29) is 29.4 Å². The van der Waals surface area contributed by atoms with Crippen molar-refractivity contribution >= 4 is 39.2 Å². The number of carbonyl (C=O) groups is 2. The Morgan fingerprint density at radius 1 is 1.07 bits per heavy atom. The molecule has 2 aliphatic rings. The Balaban J connectivity index is 1.33. The number of sulfonamides is 1. The molecule has 2 aromatic heterocycles. The second-order valence-corrected chi connectivity index (χ2v) is 14.9. The lowest BCUT2D eigenvalue weighted by Gasteiger charge is -2.42. The number of carboxylic acid groups (broad SMARTS) is 1. The first kappa shape index (κ1) is 31.8. The number of urea groups is 1. The van der Waals surface area contributed by atoms with E-state index in [1.54, 1.807) is 62.3 Å². The molecular formula is C30H38N6O6S2. The van der Waals surface area contributed by atoms with Gasteiger partial charge in [-0.1, -0.05) is 12.1 Å². The van der Waals surface area contributed by atoms with E-state index in [1.807, 2.05) is 6.07 Å². The third-order valence-corrected chi connectivity index (χ3v) is 10.6. The number of hydrogen-bond acceptors (Lipinski definition) is 8. The molecule has 12 nitrogen and oxygen atoms in total. The molecule has 44 heavy (non-hydrogen) atoms. The molecular weight excluding hydrogens is 605 g/mol. The summed E-state index contributed by atoms with van der Waals surface area (Å²) in [6.07, 6.45) is 5.49. The maximum atomic E-state index is 13.6. The van der Waals surface area contributed by atoms with Crippen LogP contribution in [0.15, 0.2) is 53.7 Å². The van der Waals surface area contributed by atoms with Crippen molar-refractivity contribution in [3.63, 3.8) is 0 Å². The lowest BCUT2D eigenvalue weighted by Crippen LogP contribution is -2.56. The lowest BCUT2D eigenvalue weighted by molar-refractivity contribution is -0.0728. The summed E-state index contributed by atoms with van der Waals surface area (Å²) in [5.41, 5.74) is 0.773. The number of hydrogen-bond donors (Lipinski definition) is 4. The van der Waals surface area contributed by atoms with Crippen LogP contribution in [0.2, 0.25) is 0 Å². The molecule has 0 bridgehead atoms. The quantitative estimate of drug-likeness (QED) is 0.253. The van der Waals surface area contributed by atoms with Gasteiger partial charge < -0.3 is 20.5 Å². The van der Waals surface area contributed by atoms with E-state index in [0.29, 0.717) is 35.0 Å². The number of ether oxygens (including phenoxy) is 1. The summed E-state index contributed by atoms with van der Waals surface area (Å²) in [6.45, 7) is 6.41. The van der Waals surface area contributed by atoms with Gasteiger partial charge in [0.1, 0.15) is 0 Å². The second kappa shape index (κ2) is 13.2. The van der Waals surface area contributed by atoms with Gasteiger partial charge in [0.15, 0.2) is 0 Å². The maximum absolute atomic E-state index is 13.6. The third kappa shape index (κ3) is 7.73. The number of thiazole rings is 1. The topological polar surface area (TPSA) is 163 Å². The molecule has 1 aromatic carbocycles. The Morgan fingerprint density at radius 2 is 1.82 bits per heavy atom. The molecule has 3 aromatic rings. The zero-order valence-electron chi connectivity index (χ0n) is 24.9. The minimum absolute atomic E-state index is 0.0358.